The number of nitrogens with zero attached hydrogens (tertiary/aromatic N) is 2. The first-order valence-electron chi connectivity index (χ1n) is 9.77. The molecule has 0 bridgehead atoms. The number of benzene rings is 2. The molecule has 156 valence electrons. The highest BCUT2D eigenvalue weighted by atomic mass is 16.5. The van der Waals surface area contributed by atoms with Gasteiger partial charge >= 0.3 is 0 Å². The van der Waals surface area contributed by atoms with Gasteiger partial charge in [-0.1, -0.05) is 12.1 Å². The van der Waals surface area contributed by atoms with E-state index in [9.17, 15) is 5.11 Å². The monoisotopic (exact) mass is 407 g/mol. The topological polar surface area (TPSA) is 120 Å². The maximum atomic E-state index is 11.1. The largest absolute Gasteiger partial charge is 0.509 e. The molecule has 1 aromatic heterocycles. The van der Waals surface area contributed by atoms with Crippen molar-refractivity contribution in [2.45, 2.75) is 18.9 Å². The maximum absolute atomic E-state index is 11.1. The van der Waals surface area contributed by atoms with Crippen LogP contribution in [-0.4, -0.2) is 47.7 Å². The number of methoxy groups -OCH3 is 2. The number of aliphatic hydroxyl groups is 1. The van der Waals surface area contributed by atoms with Gasteiger partial charge in [0, 0.05) is 18.2 Å². The quantitative estimate of drug-likeness (QED) is 0.476. The third-order valence-corrected chi connectivity index (χ3v) is 5.28. The smallest absolute Gasteiger partial charge is 0.145 e. The van der Waals surface area contributed by atoms with Crippen LogP contribution in [-0.2, 0) is 0 Å². The Hall–Kier alpha value is -3.52. The molecule has 0 fully saturated rings. The third-order valence-electron chi connectivity index (χ3n) is 5.28. The zero-order valence-corrected chi connectivity index (χ0v) is 17.0. The first-order valence-corrected chi connectivity index (χ1v) is 9.77. The van der Waals surface area contributed by atoms with E-state index in [1.165, 1.54) is 0 Å². The van der Waals surface area contributed by atoms with E-state index in [-0.39, 0.29) is 11.6 Å². The normalized spacial score (nSPS) is 16.6. The average molecular weight is 407 g/mol. The summed E-state index contributed by atoms with van der Waals surface area (Å²) in [6.45, 7) is 0.492. The summed E-state index contributed by atoms with van der Waals surface area (Å²) in [5, 5.41) is 20.0. The zero-order valence-electron chi connectivity index (χ0n) is 17.0. The highest BCUT2D eigenvalue weighted by molar-refractivity contribution is 6.31. The molecule has 3 aromatic rings. The molecule has 0 spiro atoms. The fourth-order valence-electron chi connectivity index (χ4n) is 3.81. The Morgan fingerprint density at radius 3 is 2.50 bits per heavy atom. The summed E-state index contributed by atoms with van der Waals surface area (Å²) in [4.78, 5) is 9.59. The van der Waals surface area contributed by atoms with Crippen molar-refractivity contribution >= 4 is 28.1 Å². The van der Waals surface area contributed by atoms with Crippen LogP contribution in [0.3, 0.4) is 0 Å². The van der Waals surface area contributed by atoms with Crippen molar-refractivity contribution in [2.75, 3.05) is 25.7 Å². The van der Waals surface area contributed by atoms with Crippen molar-refractivity contribution in [3.63, 3.8) is 0 Å². The Morgan fingerprint density at radius 2 is 1.87 bits per heavy atom. The molecule has 1 aliphatic heterocycles. The lowest BCUT2D eigenvalue weighted by molar-refractivity contribution is 0.366. The van der Waals surface area contributed by atoms with Crippen LogP contribution in [0.4, 0.5) is 5.69 Å². The summed E-state index contributed by atoms with van der Waals surface area (Å²) in [6.07, 6.45) is 1.29. The van der Waals surface area contributed by atoms with Gasteiger partial charge in [0.05, 0.1) is 42.6 Å². The number of nitrogens with two attached hydrogens (primary N) is 1. The fraction of sp³-hybridized carbons (Fsp3) is 0.273. The zero-order chi connectivity index (χ0) is 21.3. The molecule has 8 heteroatoms. The molecule has 0 amide bonds. The van der Waals surface area contributed by atoms with Gasteiger partial charge in [-0.15, -0.1) is 0 Å². The number of imidazole rings is 1. The van der Waals surface area contributed by atoms with E-state index in [0.29, 0.717) is 48.0 Å². The molecule has 0 radical (unpaired) electrons. The second-order valence-corrected chi connectivity index (χ2v) is 7.10. The first-order chi connectivity index (χ1) is 14.6. The van der Waals surface area contributed by atoms with E-state index in [1.807, 2.05) is 36.4 Å². The van der Waals surface area contributed by atoms with Crippen LogP contribution in [0.2, 0.25) is 0 Å². The van der Waals surface area contributed by atoms with Crippen molar-refractivity contribution in [1.82, 2.24) is 9.97 Å². The number of hydrogen-bond acceptors (Lipinski definition) is 6. The average Bonchev–Trinajstić information content (AvgIpc) is 3.29. The number of aromatic amines is 1. The standard InChI is InChI=1S/C22H25N5O3/c1-29-14-10-13(11-15(12-14)30-2)27-18(8-5-9-23)20(28)19(21(27)24)22-25-16-6-3-4-7-17(16)26-22/h3-4,6-7,10-12,18,24,28H,5,8-9,23H2,1-2H3,(H,25,26). The maximum Gasteiger partial charge on any atom is 0.145 e. The minimum atomic E-state index is -0.430. The molecule has 1 atom stereocenters. The summed E-state index contributed by atoms with van der Waals surface area (Å²) in [6, 6.07) is 12.6. The highest BCUT2D eigenvalue weighted by Crippen LogP contribution is 2.39. The number of aliphatic hydroxyl groups excluding tert-OH is 1. The molecule has 0 saturated heterocycles. The Morgan fingerprint density at radius 1 is 1.17 bits per heavy atom. The Kier molecular flexibility index (Phi) is 5.33. The van der Waals surface area contributed by atoms with Crippen molar-refractivity contribution in [1.29, 1.82) is 5.41 Å². The van der Waals surface area contributed by atoms with Crippen LogP contribution in [0.15, 0.2) is 48.2 Å². The van der Waals surface area contributed by atoms with E-state index in [0.717, 1.165) is 11.0 Å². The van der Waals surface area contributed by atoms with E-state index in [4.69, 9.17) is 20.6 Å². The van der Waals surface area contributed by atoms with Crippen LogP contribution in [0.25, 0.3) is 16.6 Å². The number of nitrogens with one attached hydrogen (secondary N) is 2. The molecule has 8 nitrogen and oxygen atoms in total. The van der Waals surface area contributed by atoms with Gasteiger partial charge in [-0.05, 0) is 31.5 Å². The molecule has 0 aliphatic carbocycles. The molecule has 4 rings (SSSR count). The fourth-order valence-corrected chi connectivity index (χ4v) is 3.81. The van der Waals surface area contributed by atoms with Gasteiger partial charge in [0.25, 0.3) is 0 Å². The van der Waals surface area contributed by atoms with Crippen molar-refractivity contribution < 1.29 is 14.6 Å². The van der Waals surface area contributed by atoms with E-state index < -0.39 is 6.04 Å². The second kappa shape index (κ2) is 8.08. The SMILES string of the molecule is COc1cc(OC)cc(N2C(=N)C(c3nc4ccccc4[nH]3)=C(O)C2CCCN)c1. The summed E-state index contributed by atoms with van der Waals surface area (Å²) in [5.74, 6) is 1.93. The van der Waals surface area contributed by atoms with Crippen molar-refractivity contribution in [3.05, 3.63) is 54.0 Å². The van der Waals surface area contributed by atoms with Gasteiger partial charge in [-0.25, -0.2) is 4.98 Å². The van der Waals surface area contributed by atoms with Crippen molar-refractivity contribution in [2.24, 2.45) is 5.73 Å². The van der Waals surface area contributed by atoms with Gasteiger partial charge in [-0.3, -0.25) is 5.41 Å². The van der Waals surface area contributed by atoms with Crippen LogP contribution in [0.1, 0.15) is 18.7 Å². The van der Waals surface area contributed by atoms with E-state index in [1.54, 1.807) is 25.2 Å². The lowest BCUT2D eigenvalue weighted by atomic mass is 10.1. The molecular formula is C22H25N5O3. The lowest BCUT2D eigenvalue weighted by Crippen LogP contribution is -2.36. The molecular weight excluding hydrogens is 382 g/mol. The van der Waals surface area contributed by atoms with Gasteiger partial charge in [0.2, 0.25) is 0 Å². The summed E-state index contributed by atoms with van der Waals surface area (Å²) >= 11 is 0. The highest BCUT2D eigenvalue weighted by Gasteiger charge is 2.39. The van der Waals surface area contributed by atoms with E-state index >= 15 is 0 Å². The van der Waals surface area contributed by atoms with Gasteiger partial charge in [0.15, 0.2) is 0 Å². The minimum Gasteiger partial charge on any atom is -0.509 e. The number of aromatic nitrogens is 2. The lowest BCUT2D eigenvalue weighted by Gasteiger charge is -2.27. The Balaban J connectivity index is 1.81. The van der Waals surface area contributed by atoms with Crippen LogP contribution in [0, 0.1) is 5.41 Å². The third kappa shape index (κ3) is 3.35. The Bertz CT molecular complexity index is 1070. The summed E-state index contributed by atoms with van der Waals surface area (Å²) < 4.78 is 10.8. The number of anilines is 1. The number of H-pyrrole nitrogens is 1. The molecule has 5 N–H and O–H groups in total. The van der Waals surface area contributed by atoms with Crippen LogP contribution < -0.4 is 20.1 Å². The van der Waals surface area contributed by atoms with Gasteiger partial charge < -0.3 is 30.2 Å². The number of amidine groups is 1. The molecule has 30 heavy (non-hydrogen) atoms. The summed E-state index contributed by atoms with van der Waals surface area (Å²) in [5.41, 5.74) is 8.43. The predicted molar refractivity (Wildman–Crippen MR) is 117 cm³/mol. The predicted octanol–water partition coefficient (Wildman–Crippen LogP) is 3.45. The van der Waals surface area contributed by atoms with Crippen LogP contribution >= 0.6 is 0 Å². The first kappa shape index (κ1) is 19.8. The number of ether oxygens (including phenoxy) is 2. The van der Waals surface area contributed by atoms with Gasteiger partial charge in [-0.2, -0.15) is 0 Å². The number of fused-ring (bicyclic) bond motifs is 1. The van der Waals surface area contributed by atoms with Gasteiger partial charge in [0.1, 0.15) is 28.9 Å². The minimum absolute atomic E-state index is 0.106. The van der Waals surface area contributed by atoms with E-state index in [2.05, 4.69) is 9.97 Å². The number of para-hydroxylation sites is 2. The molecule has 2 heterocycles. The molecule has 1 unspecified atom stereocenters. The Labute approximate surface area is 174 Å². The molecule has 0 saturated carbocycles. The summed E-state index contributed by atoms with van der Waals surface area (Å²) in [7, 11) is 3.16. The van der Waals surface area contributed by atoms with Crippen LogP contribution in [0.5, 0.6) is 11.5 Å². The number of hydrogen-bond donors (Lipinski definition) is 4. The van der Waals surface area contributed by atoms with Crippen molar-refractivity contribution in [3.8, 4) is 11.5 Å². The molecule has 2 aromatic carbocycles. The number of rotatable bonds is 7. The molecule has 1 aliphatic rings. The second-order valence-electron chi connectivity index (χ2n) is 7.10.